The monoisotopic (exact) mass is 674 g/mol. The molecule has 9 aromatic carbocycles. The summed E-state index contributed by atoms with van der Waals surface area (Å²) in [6.07, 6.45) is 0. The van der Waals surface area contributed by atoms with Crippen LogP contribution in [0, 0.1) is 0 Å². The normalized spacial score (nSPS) is 15.4. The molecule has 0 saturated heterocycles. The molecule has 10 aromatic rings. The zero-order valence-electron chi connectivity index (χ0n) is 28.2. The van der Waals surface area contributed by atoms with E-state index in [-0.39, 0.29) is 0 Å². The highest BCUT2D eigenvalue weighted by molar-refractivity contribution is 7.22. The van der Waals surface area contributed by atoms with E-state index in [0.717, 1.165) is 0 Å². The Morgan fingerprint density at radius 3 is 1.62 bits per heavy atom. The summed E-state index contributed by atoms with van der Waals surface area (Å²) in [5.41, 5.74) is 14.4. The van der Waals surface area contributed by atoms with Crippen molar-refractivity contribution in [3.05, 3.63) is 204 Å². The molecular formula is C51H30S. The van der Waals surface area contributed by atoms with E-state index in [1.165, 1.54) is 108 Å². The number of hydrogen-bond donors (Lipinski definition) is 0. The van der Waals surface area contributed by atoms with Crippen molar-refractivity contribution in [2.45, 2.75) is 5.41 Å². The smallest absolute Gasteiger partial charge is 0.0740 e. The summed E-state index contributed by atoms with van der Waals surface area (Å²) >= 11 is 1.94. The van der Waals surface area contributed by atoms with Gasteiger partial charge in [0.25, 0.3) is 0 Å². The number of fused-ring (bicyclic) bond motifs is 15. The van der Waals surface area contributed by atoms with E-state index in [2.05, 4.69) is 182 Å². The standard InChI is InChI=1S/C51H30S/c1-2-16-33-31(14-1)15-13-24-36(33)48-39-20-5-3-18-37(39)47(38-19-4-6-21-40(38)48)32-28-29-35-34-17-7-10-25-43(34)51(45(35)30-32)44-26-11-8-22-41(44)50-49(51)42-23-9-12-27-46(42)52-50/h1-30H. The average molecular weight is 675 g/mol. The van der Waals surface area contributed by atoms with Gasteiger partial charge in [0, 0.05) is 9.58 Å². The van der Waals surface area contributed by atoms with E-state index in [4.69, 9.17) is 0 Å². The van der Waals surface area contributed by atoms with E-state index in [9.17, 15) is 0 Å². The van der Waals surface area contributed by atoms with Crippen LogP contribution in [0.15, 0.2) is 182 Å². The fraction of sp³-hybridized carbons (Fsp3) is 0.0196. The van der Waals surface area contributed by atoms with Gasteiger partial charge in [-0.15, -0.1) is 11.3 Å². The Balaban J connectivity index is 1.21. The van der Waals surface area contributed by atoms with Gasteiger partial charge in [0.2, 0.25) is 0 Å². The summed E-state index contributed by atoms with van der Waals surface area (Å²) < 4.78 is 1.35. The van der Waals surface area contributed by atoms with Gasteiger partial charge in [0.1, 0.15) is 0 Å². The van der Waals surface area contributed by atoms with Crippen molar-refractivity contribution >= 4 is 53.7 Å². The molecule has 0 bridgehead atoms. The molecule has 12 rings (SSSR count). The molecule has 0 radical (unpaired) electrons. The van der Waals surface area contributed by atoms with Crippen molar-refractivity contribution in [1.82, 2.24) is 0 Å². The van der Waals surface area contributed by atoms with Gasteiger partial charge in [-0.1, -0.05) is 170 Å². The van der Waals surface area contributed by atoms with Gasteiger partial charge >= 0.3 is 0 Å². The fourth-order valence-corrected chi connectivity index (χ4v) is 11.2. The molecule has 2 aliphatic carbocycles. The molecule has 1 spiro atoms. The van der Waals surface area contributed by atoms with Gasteiger partial charge in [-0.25, -0.2) is 0 Å². The summed E-state index contributed by atoms with van der Waals surface area (Å²) in [6, 6.07) is 68.3. The highest BCUT2D eigenvalue weighted by Crippen LogP contribution is 2.66. The van der Waals surface area contributed by atoms with Gasteiger partial charge < -0.3 is 0 Å². The van der Waals surface area contributed by atoms with Crippen molar-refractivity contribution in [2.75, 3.05) is 0 Å². The van der Waals surface area contributed by atoms with E-state index in [1.54, 1.807) is 0 Å². The Hall–Kier alpha value is -6.28. The van der Waals surface area contributed by atoms with Crippen LogP contribution in [0.3, 0.4) is 0 Å². The minimum absolute atomic E-state index is 0.401. The Kier molecular flexibility index (Phi) is 5.68. The van der Waals surface area contributed by atoms with Crippen LogP contribution in [-0.4, -0.2) is 0 Å². The fourth-order valence-electron chi connectivity index (χ4n) is 9.92. The van der Waals surface area contributed by atoms with E-state index >= 15 is 0 Å². The molecule has 0 N–H and O–H groups in total. The van der Waals surface area contributed by atoms with Gasteiger partial charge in [-0.3, -0.25) is 0 Å². The first-order valence-corrected chi connectivity index (χ1v) is 18.9. The summed E-state index contributed by atoms with van der Waals surface area (Å²) in [5, 5.41) is 9.03. The van der Waals surface area contributed by atoms with Crippen LogP contribution in [0.1, 0.15) is 22.3 Å². The first-order chi connectivity index (χ1) is 25.8. The number of rotatable bonds is 2. The van der Waals surface area contributed by atoms with Crippen LogP contribution in [-0.2, 0) is 5.41 Å². The second-order valence-corrected chi connectivity index (χ2v) is 15.3. The summed E-state index contributed by atoms with van der Waals surface area (Å²) in [5.74, 6) is 0. The first-order valence-electron chi connectivity index (χ1n) is 18.1. The number of thiophene rings is 1. The SMILES string of the molecule is c1ccc2c(c1)-c1ccc(-c3c4ccccc4c(-c4cccc5ccccc45)c4ccccc34)cc1C21c2ccccc2-c2sc3ccccc3c21. The quantitative estimate of drug-likeness (QED) is 0.160. The Bertz CT molecular complexity index is 3080. The zero-order valence-corrected chi connectivity index (χ0v) is 29.0. The largest absolute Gasteiger partial charge is 0.135 e. The molecule has 1 aromatic heterocycles. The van der Waals surface area contributed by atoms with Crippen LogP contribution in [0.5, 0.6) is 0 Å². The highest BCUT2D eigenvalue weighted by atomic mass is 32.1. The van der Waals surface area contributed by atoms with Crippen molar-refractivity contribution in [1.29, 1.82) is 0 Å². The van der Waals surface area contributed by atoms with Crippen molar-refractivity contribution in [2.24, 2.45) is 0 Å². The third-order valence-electron chi connectivity index (χ3n) is 11.9. The average Bonchev–Trinajstić information content (AvgIpc) is 3.83. The number of benzene rings is 9. The maximum absolute atomic E-state index is 2.56. The molecule has 52 heavy (non-hydrogen) atoms. The van der Waals surface area contributed by atoms with E-state index in [0.29, 0.717) is 0 Å². The zero-order chi connectivity index (χ0) is 34.0. The van der Waals surface area contributed by atoms with E-state index in [1.807, 2.05) is 11.3 Å². The Morgan fingerprint density at radius 2 is 0.865 bits per heavy atom. The lowest BCUT2D eigenvalue weighted by Crippen LogP contribution is -2.25. The van der Waals surface area contributed by atoms with Crippen LogP contribution in [0.2, 0.25) is 0 Å². The molecule has 1 heteroatoms. The summed E-state index contributed by atoms with van der Waals surface area (Å²) in [4.78, 5) is 1.40. The minimum Gasteiger partial charge on any atom is -0.135 e. The lowest BCUT2D eigenvalue weighted by Gasteiger charge is -2.31. The van der Waals surface area contributed by atoms with Gasteiger partial charge in [-0.2, -0.15) is 0 Å². The molecule has 240 valence electrons. The van der Waals surface area contributed by atoms with Crippen molar-refractivity contribution < 1.29 is 0 Å². The maximum Gasteiger partial charge on any atom is 0.0740 e. The molecule has 1 heterocycles. The highest BCUT2D eigenvalue weighted by Gasteiger charge is 2.53. The minimum atomic E-state index is -0.401. The Labute approximate surface area is 305 Å². The molecule has 1 atom stereocenters. The maximum atomic E-state index is 2.56. The van der Waals surface area contributed by atoms with Crippen LogP contribution >= 0.6 is 11.3 Å². The van der Waals surface area contributed by atoms with E-state index < -0.39 is 5.41 Å². The molecule has 0 amide bonds. The number of hydrogen-bond acceptors (Lipinski definition) is 1. The lowest BCUT2D eigenvalue weighted by molar-refractivity contribution is 0.803. The molecule has 0 saturated carbocycles. The molecule has 0 nitrogen and oxygen atoms in total. The topological polar surface area (TPSA) is 0 Å². The molecular weight excluding hydrogens is 645 g/mol. The van der Waals surface area contributed by atoms with Gasteiger partial charge in [0.15, 0.2) is 0 Å². The summed E-state index contributed by atoms with van der Waals surface area (Å²) in [7, 11) is 0. The third-order valence-corrected chi connectivity index (χ3v) is 13.1. The van der Waals surface area contributed by atoms with Crippen molar-refractivity contribution in [3.8, 4) is 43.8 Å². The van der Waals surface area contributed by atoms with Crippen LogP contribution in [0.4, 0.5) is 0 Å². The molecule has 0 fully saturated rings. The second-order valence-electron chi connectivity index (χ2n) is 14.3. The molecule has 1 unspecified atom stereocenters. The second kappa shape index (κ2) is 10.4. The van der Waals surface area contributed by atoms with Gasteiger partial charge in [0.05, 0.1) is 5.41 Å². The van der Waals surface area contributed by atoms with Crippen LogP contribution < -0.4 is 0 Å². The van der Waals surface area contributed by atoms with Gasteiger partial charge in [-0.05, 0) is 111 Å². The predicted octanol–water partition coefficient (Wildman–Crippen LogP) is 14.0. The molecule has 0 aliphatic heterocycles. The van der Waals surface area contributed by atoms with Crippen molar-refractivity contribution in [3.63, 3.8) is 0 Å². The summed E-state index contributed by atoms with van der Waals surface area (Å²) in [6.45, 7) is 0. The Morgan fingerprint density at radius 1 is 0.346 bits per heavy atom. The molecule has 2 aliphatic rings. The lowest BCUT2D eigenvalue weighted by atomic mass is 9.69. The van der Waals surface area contributed by atoms with Crippen LogP contribution in [0.25, 0.3) is 86.2 Å². The third kappa shape index (κ3) is 3.51. The first kappa shape index (κ1) is 28.4. The predicted molar refractivity (Wildman–Crippen MR) is 222 cm³/mol.